The molecule has 1 heterocycles. The summed E-state index contributed by atoms with van der Waals surface area (Å²) in [5.74, 6) is 2.35. The van der Waals surface area contributed by atoms with Gasteiger partial charge in [-0.15, -0.1) is 0 Å². The highest BCUT2D eigenvalue weighted by Crippen LogP contribution is 2.37. The van der Waals surface area contributed by atoms with Crippen LogP contribution in [0.15, 0.2) is 47.5 Å². The van der Waals surface area contributed by atoms with Gasteiger partial charge in [-0.25, -0.2) is 4.99 Å². The van der Waals surface area contributed by atoms with E-state index in [2.05, 4.69) is 12.2 Å². The van der Waals surface area contributed by atoms with Crippen molar-refractivity contribution in [3.63, 3.8) is 0 Å². The first kappa shape index (κ1) is 14.9. The van der Waals surface area contributed by atoms with Crippen LogP contribution in [0.2, 0.25) is 5.02 Å². The highest BCUT2D eigenvalue weighted by molar-refractivity contribution is 6.31. The predicted octanol–water partition coefficient (Wildman–Crippen LogP) is 5.30. The summed E-state index contributed by atoms with van der Waals surface area (Å²) >= 11 is 6.15. The molecule has 114 valence electrons. The van der Waals surface area contributed by atoms with Crippen molar-refractivity contribution in [3.05, 3.63) is 53.1 Å². The number of amidine groups is 1. The summed E-state index contributed by atoms with van der Waals surface area (Å²) < 4.78 is 6.00. The summed E-state index contributed by atoms with van der Waals surface area (Å²) in [7, 11) is 0. The standard InChI is InChI=1S/C18H19ClN2O/c1-2-3-6-11-20-18-14-12-13(19)9-10-16(14)22-17-8-5-4-7-15(17)21-18/h4-5,7-10,12H,2-3,6,11H2,1H3,(H,20,21). The monoisotopic (exact) mass is 314 g/mol. The molecule has 0 spiro atoms. The van der Waals surface area contributed by atoms with Crippen LogP contribution in [0, 0.1) is 0 Å². The maximum Gasteiger partial charge on any atom is 0.153 e. The summed E-state index contributed by atoms with van der Waals surface area (Å²) in [6.45, 7) is 3.09. The molecule has 1 N–H and O–H groups in total. The second kappa shape index (κ2) is 6.84. The molecule has 1 aliphatic heterocycles. The number of nitrogens with zero attached hydrogens (tertiary/aromatic N) is 1. The molecule has 3 rings (SSSR count). The molecule has 0 saturated heterocycles. The number of hydrogen-bond donors (Lipinski definition) is 1. The molecule has 3 nitrogen and oxygen atoms in total. The first-order valence-electron chi connectivity index (χ1n) is 7.67. The van der Waals surface area contributed by atoms with Gasteiger partial charge in [0.1, 0.15) is 17.3 Å². The Labute approximate surface area is 136 Å². The first-order valence-corrected chi connectivity index (χ1v) is 8.05. The minimum Gasteiger partial charge on any atom is -0.454 e. The van der Waals surface area contributed by atoms with Crippen molar-refractivity contribution in [1.29, 1.82) is 0 Å². The number of rotatable bonds is 4. The third kappa shape index (κ3) is 3.25. The topological polar surface area (TPSA) is 33.6 Å². The van der Waals surface area contributed by atoms with Crippen molar-refractivity contribution >= 4 is 23.1 Å². The van der Waals surface area contributed by atoms with E-state index in [-0.39, 0.29) is 0 Å². The van der Waals surface area contributed by atoms with Crippen molar-refractivity contribution in [3.8, 4) is 11.5 Å². The zero-order chi connectivity index (χ0) is 15.4. The van der Waals surface area contributed by atoms with E-state index in [9.17, 15) is 0 Å². The molecule has 4 heteroatoms. The minimum absolute atomic E-state index is 0.677. The molecule has 0 fully saturated rings. The normalized spacial score (nSPS) is 12.5. The SMILES string of the molecule is CCCCCNC1=Nc2ccccc2Oc2ccc(Cl)cc21. The number of aliphatic imine (C=N–C) groups is 1. The average molecular weight is 315 g/mol. The van der Waals surface area contributed by atoms with E-state index in [1.165, 1.54) is 12.8 Å². The van der Waals surface area contributed by atoms with Gasteiger partial charge in [0.15, 0.2) is 5.75 Å². The largest absolute Gasteiger partial charge is 0.454 e. The van der Waals surface area contributed by atoms with E-state index in [0.29, 0.717) is 5.02 Å². The maximum absolute atomic E-state index is 6.15. The summed E-state index contributed by atoms with van der Waals surface area (Å²) in [5, 5.41) is 4.11. The van der Waals surface area contributed by atoms with Gasteiger partial charge in [0, 0.05) is 11.6 Å². The van der Waals surface area contributed by atoms with Gasteiger partial charge in [0.2, 0.25) is 0 Å². The van der Waals surface area contributed by atoms with Crippen molar-refractivity contribution in [1.82, 2.24) is 5.32 Å². The molecule has 0 unspecified atom stereocenters. The van der Waals surface area contributed by atoms with E-state index >= 15 is 0 Å². The summed E-state index contributed by atoms with van der Waals surface area (Å²) in [6.07, 6.45) is 3.52. The van der Waals surface area contributed by atoms with Gasteiger partial charge in [0.05, 0.1) is 5.56 Å². The van der Waals surface area contributed by atoms with Crippen LogP contribution in [0.1, 0.15) is 31.7 Å². The van der Waals surface area contributed by atoms with Crippen molar-refractivity contribution in [2.24, 2.45) is 4.99 Å². The van der Waals surface area contributed by atoms with Crippen molar-refractivity contribution in [2.45, 2.75) is 26.2 Å². The summed E-state index contributed by atoms with van der Waals surface area (Å²) in [6, 6.07) is 13.4. The molecular weight excluding hydrogens is 296 g/mol. The molecule has 0 saturated carbocycles. The van der Waals surface area contributed by atoms with E-state index in [0.717, 1.165) is 41.6 Å². The average Bonchev–Trinajstić information content (AvgIpc) is 2.68. The Balaban J connectivity index is 1.97. The molecule has 0 bridgehead atoms. The van der Waals surface area contributed by atoms with E-state index in [4.69, 9.17) is 21.3 Å². The molecule has 2 aromatic rings. The van der Waals surface area contributed by atoms with Crippen LogP contribution in [0.5, 0.6) is 11.5 Å². The minimum atomic E-state index is 0.677. The van der Waals surface area contributed by atoms with E-state index < -0.39 is 0 Å². The lowest BCUT2D eigenvalue weighted by Gasteiger charge is -2.11. The van der Waals surface area contributed by atoms with Crippen LogP contribution in [0.4, 0.5) is 5.69 Å². The Morgan fingerprint density at radius 1 is 1.09 bits per heavy atom. The van der Waals surface area contributed by atoms with Crippen LogP contribution in [0.3, 0.4) is 0 Å². The van der Waals surface area contributed by atoms with Gasteiger partial charge >= 0.3 is 0 Å². The number of halogens is 1. The lowest BCUT2D eigenvalue weighted by molar-refractivity contribution is 0.484. The summed E-state index contributed by atoms with van der Waals surface area (Å²) in [5.41, 5.74) is 1.73. The fourth-order valence-corrected chi connectivity index (χ4v) is 2.60. The van der Waals surface area contributed by atoms with Crippen LogP contribution in [-0.4, -0.2) is 12.4 Å². The molecule has 0 radical (unpaired) electrons. The number of nitrogens with one attached hydrogen (secondary N) is 1. The van der Waals surface area contributed by atoms with Crippen molar-refractivity contribution < 1.29 is 4.74 Å². The highest BCUT2D eigenvalue weighted by Gasteiger charge is 2.18. The van der Waals surface area contributed by atoms with Gasteiger partial charge in [0.25, 0.3) is 0 Å². The molecule has 0 aliphatic carbocycles. The number of fused-ring (bicyclic) bond motifs is 2. The maximum atomic E-state index is 6.15. The second-order valence-corrected chi connectivity index (χ2v) is 5.74. The Bertz CT molecular complexity index is 697. The van der Waals surface area contributed by atoms with E-state index in [1.54, 1.807) is 0 Å². The Morgan fingerprint density at radius 2 is 1.95 bits per heavy atom. The van der Waals surface area contributed by atoms with Gasteiger partial charge in [-0.3, -0.25) is 0 Å². The number of ether oxygens (including phenoxy) is 1. The Kier molecular flexibility index (Phi) is 4.64. The molecule has 1 aliphatic rings. The Morgan fingerprint density at radius 3 is 2.82 bits per heavy atom. The quantitative estimate of drug-likeness (QED) is 0.776. The number of para-hydroxylation sites is 2. The zero-order valence-corrected chi connectivity index (χ0v) is 13.4. The van der Waals surface area contributed by atoms with Crippen LogP contribution < -0.4 is 10.1 Å². The second-order valence-electron chi connectivity index (χ2n) is 5.30. The number of hydrogen-bond acceptors (Lipinski definition) is 3. The van der Waals surface area contributed by atoms with Gasteiger partial charge in [-0.1, -0.05) is 43.5 Å². The lowest BCUT2D eigenvalue weighted by atomic mass is 10.1. The predicted molar refractivity (Wildman–Crippen MR) is 91.7 cm³/mol. The number of unbranched alkanes of at least 4 members (excludes halogenated alkanes) is 2. The molecule has 0 atom stereocenters. The smallest absolute Gasteiger partial charge is 0.153 e. The van der Waals surface area contributed by atoms with Crippen LogP contribution >= 0.6 is 11.6 Å². The van der Waals surface area contributed by atoms with Crippen LogP contribution in [0.25, 0.3) is 0 Å². The van der Waals surface area contributed by atoms with Gasteiger partial charge < -0.3 is 10.1 Å². The fraction of sp³-hybridized carbons (Fsp3) is 0.278. The fourth-order valence-electron chi connectivity index (χ4n) is 2.43. The number of benzene rings is 2. The van der Waals surface area contributed by atoms with Crippen LogP contribution in [-0.2, 0) is 0 Å². The molecular formula is C18H19ClN2O. The van der Waals surface area contributed by atoms with Gasteiger partial charge in [-0.2, -0.15) is 0 Å². The lowest BCUT2D eigenvalue weighted by Crippen LogP contribution is -2.25. The molecule has 0 amide bonds. The molecule has 0 aromatic heterocycles. The highest BCUT2D eigenvalue weighted by atomic mass is 35.5. The van der Waals surface area contributed by atoms with Gasteiger partial charge in [-0.05, 0) is 36.8 Å². The third-order valence-electron chi connectivity index (χ3n) is 3.59. The summed E-state index contributed by atoms with van der Waals surface area (Å²) in [4.78, 5) is 4.74. The molecule has 2 aromatic carbocycles. The Hall–Kier alpha value is -2.00. The van der Waals surface area contributed by atoms with E-state index in [1.807, 2.05) is 42.5 Å². The zero-order valence-electron chi connectivity index (χ0n) is 12.6. The van der Waals surface area contributed by atoms with Crippen molar-refractivity contribution in [2.75, 3.05) is 6.54 Å². The third-order valence-corrected chi connectivity index (χ3v) is 3.82. The molecule has 22 heavy (non-hydrogen) atoms. The first-order chi connectivity index (χ1) is 10.8.